The number of hydrogen-bond acceptors (Lipinski definition) is 2. The molecule has 1 aliphatic carbocycles. The molecule has 1 saturated carbocycles. The van der Waals surface area contributed by atoms with Gasteiger partial charge in [0.2, 0.25) is 0 Å². The Labute approximate surface area is 120 Å². The normalized spacial score (nSPS) is 15.2. The van der Waals surface area contributed by atoms with E-state index in [1.807, 2.05) is 6.07 Å². The van der Waals surface area contributed by atoms with Crippen LogP contribution in [-0.2, 0) is 13.0 Å². The Bertz CT molecular complexity index is 567. The molecule has 0 amide bonds. The molecular formula is C17H23N3. The van der Waals surface area contributed by atoms with Crippen LogP contribution < -0.4 is 5.73 Å². The summed E-state index contributed by atoms with van der Waals surface area (Å²) in [7, 11) is 0. The first-order valence-corrected chi connectivity index (χ1v) is 7.68. The van der Waals surface area contributed by atoms with E-state index >= 15 is 0 Å². The monoisotopic (exact) mass is 269 g/mol. The van der Waals surface area contributed by atoms with Crippen LogP contribution in [0.25, 0.3) is 0 Å². The first-order chi connectivity index (χ1) is 9.79. The van der Waals surface area contributed by atoms with Crippen molar-refractivity contribution < 1.29 is 0 Å². The van der Waals surface area contributed by atoms with Crippen molar-refractivity contribution in [3.63, 3.8) is 0 Å². The molecule has 3 rings (SSSR count). The van der Waals surface area contributed by atoms with Gasteiger partial charge in [-0.2, -0.15) is 0 Å². The van der Waals surface area contributed by atoms with Gasteiger partial charge in [0, 0.05) is 12.3 Å². The Morgan fingerprint density at radius 1 is 1.25 bits per heavy atom. The van der Waals surface area contributed by atoms with Crippen molar-refractivity contribution in [3.05, 3.63) is 47.4 Å². The van der Waals surface area contributed by atoms with Gasteiger partial charge in [-0.15, -0.1) is 0 Å². The summed E-state index contributed by atoms with van der Waals surface area (Å²) >= 11 is 0. The summed E-state index contributed by atoms with van der Waals surface area (Å²) in [6, 6.07) is 10.5. The number of nitrogen functional groups attached to an aromatic ring is 1. The second-order valence-electron chi connectivity index (χ2n) is 5.75. The predicted octanol–water partition coefficient (Wildman–Crippen LogP) is 3.73. The summed E-state index contributed by atoms with van der Waals surface area (Å²) < 4.78 is 2.21. The lowest BCUT2D eigenvalue weighted by Gasteiger charge is -2.24. The molecule has 0 radical (unpaired) electrons. The summed E-state index contributed by atoms with van der Waals surface area (Å²) in [5, 5.41) is 0. The van der Waals surface area contributed by atoms with Crippen molar-refractivity contribution in [3.8, 4) is 0 Å². The van der Waals surface area contributed by atoms with E-state index < -0.39 is 0 Å². The maximum absolute atomic E-state index is 6.39. The highest BCUT2D eigenvalue weighted by molar-refractivity contribution is 5.42. The average molecular weight is 269 g/mol. The number of hydrogen-bond donors (Lipinski definition) is 1. The second kappa shape index (κ2) is 5.70. The predicted molar refractivity (Wildman–Crippen MR) is 82.8 cm³/mol. The van der Waals surface area contributed by atoms with Gasteiger partial charge in [-0.3, -0.25) is 0 Å². The first-order valence-electron chi connectivity index (χ1n) is 7.68. The van der Waals surface area contributed by atoms with Crippen LogP contribution >= 0.6 is 0 Å². The molecule has 2 N–H and O–H groups in total. The van der Waals surface area contributed by atoms with Crippen molar-refractivity contribution in [2.45, 2.75) is 51.5 Å². The smallest absolute Gasteiger partial charge is 0.127 e. The molecule has 1 aromatic carbocycles. The van der Waals surface area contributed by atoms with Gasteiger partial charge in [-0.05, 0) is 24.8 Å². The molecule has 106 valence electrons. The number of anilines is 1. The molecule has 1 fully saturated rings. The van der Waals surface area contributed by atoms with E-state index in [0.717, 1.165) is 36.7 Å². The van der Waals surface area contributed by atoms with Crippen LogP contribution in [0.5, 0.6) is 0 Å². The van der Waals surface area contributed by atoms with Gasteiger partial charge in [0.05, 0.1) is 12.2 Å². The fourth-order valence-electron chi connectivity index (χ4n) is 2.87. The lowest BCUT2D eigenvalue weighted by atomic mass is 9.83. The number of nitrogens with two attached hydrogens (primary N) is 1. The Balaban J connectivity index is 1.92. The van der Waals surface area contributed by atoms with E-state index in [4.69, 9.17) is 10.7 Å². The number of aryl methyl sites for hydroxylation is 1. The Morgan fingerprint density at radius 3 is 2.60 bits per heavy atom. The van der Waals surface area contributed by atoms with Crippen molar-refractivity contribution in [1.29, 1.82) is 0 Å². The van der Waals surface area contributed by atoms with E-state index in [9.17, 15) is 0 Å². The summed E-state index contributed by atoms with van der Waals surface area (Å²) in [5.74, 6) is 2.64. The van der Waals surface area contributed by atoms with Gasteiger partial charge in [0.15, 0.2) is 0 Å². The van der Waals surface area contributed by atoms with Gasteiger partial charge in [0.1, 0.15) is 11.6 Å². The molecule has 2 aromatic rings. The quantitative estimate of drug-likeness (QED) is 0.898. The molecule has 0 aliphatic heterocycles. The van der Waals surface area contributed by atoms with Gasteiger partial charge >= 0.3 is 0 Å². The SMILES string of the molecule is CCCc1nc(C2CCC2)c(N)n1Cc1ccccc1. The topological polar surface area (TPSA) is 43.8 Å². The van der Waals surface area contributed by atoms with Crippen LogP contribution in [0.4, 0.5) is 5.82 Å². The Morgan fingerprint density at radius 2 is 2.00 bits per heavy atom. The average Bonchev–Trinajstić information content (AvgIpc) is 2.68. The number of aromatic nitrogens is 2. The van der Waals surface area contributed by atoms with Crippen LogP contribution in [0.3, 0.4) is 0 Å². The summed E-state index contributed by atoms with van der Waals surface area (Å²) in [5.41, 5.74) is 8.83. The summed E-state index contributed by atoms with van der Waals surface area (Å²) in [6.07, 6.45) is 5.92. The fourth-order valence-corrected chi connectivity index (χ4v) is 2.87. The van der Waals surface area contributed by atoms with E-state index in [1.54, 1.807) is 0 Å². The zero-order valence-corrected chi connectivity index (χ0v) is 12.2. The number of nitrogens with zero attached hydrogens (tertiary/aromatic N) is 2. The van der Waals surface area contributed by atoms with Crippen LogP contribution in [0, 0.1) is 0 Å². The maximum atomic E-state index is 6.39. The second-order valence-corrected chi connectivity index (χ2v) is 5.75. The van der Waals surface area contributed by atoms with E-state index in [2.05, 4.69) is 35.8 Å². The minimum Gasteiger partial charge on any atom is -0.384 e. The third-order valence-electron chi connectivity index (χ3n) is 4.26. The minimum absolute atomic E-state index is 0.600. The van der Waals surface area contributed by atoms with Crippen molar-refractivity contribution in [1.82, 2.24) is 9.55 Å². The standard InChI is InChI=1S/C17H23N3/c1-2-7-15-19-16(14-10-6-11-14)17(18)20(15)12-13-8-4-3-5-9-13/h3-5,8-9,14H,2,6-7,10-12,18H2,1H3. The lowest BCUT2D eigenvalue weighted by Crippen LogP contribution is -2.12. The van der Waals surface area contributed by atoms with E-state index in [1.165, 1.54) is 24.8 Å². The number of imidazole rings is 1. The van der Waals surface area contributed by atoms with Crippen LogP contribution in [0.1, 0.15) is 55.6 Å². The van der Waals surface area contributed by atoms with Crippen LogP contribution in [0.2, 0.25) is 0 Å². The molecule has 1 aromatic heterocycles. The minimum atomic E-state index is 0.600. The van der Waals surface area contributed by atoms with Crippen molar-refractivity contribution >= 4 is 5.82 Å². The number of benzene rings is 1. The zero-order valence-electron chi connectivity index (χ0n) is 12.2. The van der Waals surface area contributed by atoms with E-state index in [0.29, 0.717) is 5.92 Å². The Kier molecular flexibility index (Phi) is 3.77. The van der Waals surface area contributed by atoms with Crippen molar-refractivity contribution in [2.24, 2.45) is 0 Å². The van der Waals surface area contributed by atoms with Gasteiger partial charge in [-0.1, -0.05) is 43.7 Å². The molecule has 1 aliphatic rings. The first kappa shape index (κ1) is 13.2. The molecule has 1 heterocycles. The fraction of sp³-hybridized carbons (Fsp3) is 0.471. The summed E-state index contributed by atoms with van der Waals surface area (Å²) in [4.78, 5) is 4.86. The lowest BCUT2D eigenvalue weighted by molar-refractivity contribution is 0.413. The largest absolute Gasteiger partial charge is 0.384 e. The molecule has 0 saturated heterocycles. The van der Waals surface area contributed by atoms with E-state index in [-0.39, 0.29) is 0 Å². The summed E-state index contributed by atoms with van der Waals surface area (Å²) in [6.45, 7) is 3.03. The number of rotatable bonds is 5. The molecular weight excluding hydrogens is 246 g/mol. The Hall–Kier alpha value is -1.77. The molecule has 20 heavy (non-hydrogen) atoms. The third kappa shape index (κ3) is 2.45. The van der Waals surface area contributed by atoms with Gasteiger partial charge < -0.3 is 10.3 Å². The third-order valence-corrected chi connectivity index (χ3v) is 4.26. The molecule has 0 spiro atoms. The zero-order chi connectivity index (χ0) is 13.9. The van der Waals surface area contributed by atoms with Crippen LogP contribution in [0.15, 0.2) is 30.3 Å². The van der Waals surface area contributed by atoms with Crippen molar-refractivity contribution in [2.75, 3.05) is 5.73 Å². The molecule has 3 heteroatoms. The maximum Gasteiger partial charge on any atom is 0.127 e. The van der Waals surface area contributed by atoms with Gasteiger partial charge in [0.25, 0.3) is 0 Å². The van der Waals surface area contributed by atoms with Crippen LogP contribution in [-0.4, -0.2) is 9.55 Å². The molecule has 0 unspecified atom stereocenters. The highest BCUT2D eigenvalue weighted by Gasteiger charge is 2.26. The highest BCUT2D eigenvalue weighted by atomic mass is 15.1. The van der Waals surface area contributed by atoms with Gasteiger partial charge in [-0.25, -0.2) is 4.98 Å². The molecule has 0 bridgehead atoms. The molecule has 3 nitrogen and oxygen atoms in total. The molecule has 0 atom stereocenters. The highest BCUT2D eigenvalue weighted by Crippen LogP contribution is 2.39.